The van der Waals surface area contributed by atoms with Gasteiger partial charge in [0.25, 0.3) is 0 Å². The van der Waals surface area contributed by atoms with Crippen molar-refractivity contribution in [2.24, 2.45) is 5.73 Å². The van der Waals surface area contributed by atoms with E-state index in [1.54, 1.807) is 6.08 Å². The van der Waals surface area contributed by atoms with Crippen LogP contribution < -0.4 is 5.73 Å². The SMILES string of the molecule is CCCCC/C=C\C=C/[C@H](O)C/C=C\C/C=C/CCCC(=O)O[C@H](COC(=O)CCCCCCC/C=C\CCCCCC)COP(=O)(O)OCCN. The summed E-state index contributed by atoms with van der Waals surface area (Å²) in [5.74, 6) is -0.952. The molecule has 0 saturated carbocycles. The molecule has 0 aliphatic rings. The number of nitrogens with two attached hydrogens (primary N) is 1. The van der Waals surface area contributed by atoms with Crippen LogP contribution in [0, 0.1) is 0 Å². The highest BCUT2D eigenvalue weighted by Crippen LogP contribution is 2.43. The first-order valence-corrected chi connectivity index (χ1v) is 21.4. The smallest absolute Gasteiger partial charge is 0.462 e. The first-order valence-electron chi connectivity index (χ1n) is 19.9. The normalized spacial score (nSPS) is 14.6. The number of rotatable bonds is 36. The summed E-state index contributed by atoms with van der Waals surface area (Å²) in [6, 6.07) is 0. The molecule has 10 nitrogen and oxygen atoms in total. The predicted octanol–water partition coefficient (Wildman–Crippen LogP) is 9.91. The van der Waals surface area contributed by atoms with E-state index in [1.807, 2.05) is 36.5 Å². The Morgan fingerprint density at radius 3 is 1.98 bits per heavy atom. The lowest BCUT2D eigenvalue weighted by Crippen LogP contribution is -2.29. The molecule has 0 aromatic heterocycles. The van der Waals surface area contributed by atoms with Crippen LogP contribution in [0.3, 0.4) is 0 Å². The second-order valence-electron chi connectivity index (χ2n) is 13.0. The lowest BCUT2D eigenvalue weighted by atomic mass is 10.1. The molecule has 0 aliphatic heterocycles. The second-order valence-corrected chi connectivity index (χ2v) is 14.4. The number of hydrogen-bond acceptors (Lipinski definition) is 9. The number of phosphoric ester groups is 1. The molecular weight excluding hydrogens is 681 g/mol. The van der Waals surface area contributed by atoms with Gasteiger partial charge in [0.05, 0.1) is 19.3 Å². The van der Waals surface area contributed by atoms with E-state index in [0.29, 0.717) is 32.1 Å². The van der Waals surface area contributed by atoms with Crippen LogP contribution in [0.2, 0.25) is 0 Å². The molecule has 52 heavy (non-hydrogen) atoms. The van der Waals surface area contributed by atoms with Crippen LogP contribution >= 0.6 is 7.82 Å². The third kappa shape index (κ3) is 36.0. The van der Waals surface area contributed by atoms with Gasteiger partial charge in [-0.2, -0.15) is 0 Å². The zero-order valence-electron chi connectivity index (χ0n) is 32.4. The van der Waals surface area contributed by atoms with Crippen molar-refractivity contribution in [1.29, 1.82) is 0 Å². The summed E-state index contributed by atoms with van der Waals surface area (Å²) in [5.41, 5.74) is 5.32. The van der Waals surface area contributed by atoms with E-state index >= 15 is 0 Å². The van der Waals surface area contributed by atoms with Crippen molar-refractivity contribution >= 4 is 19.8 Å². The summed E-state index contributed by atoms with van der Waals surface area (Å²) < 4.78 is 32.6. The number of phosphoric acid groups is 1. The number of aliphatic hydroxyl groups is 1. The van der Waals surface area contributed by atoms with Gasteiger partial charge in [-0.3, -0.25) is 18.6 Å². The average molecular weight is 754 g/mol. The summed E-state index contributed by atoms with van der Waals surface area (Å²) in [7, 11) is -4.41. The Labute approximate surface area is 315 Å². The third-order valence-electron chi connectivity index (χ3n) is 7.96. The molecule has 11 heteroatoms. The molecule has 0 aromatic rings. The molecular formula is C41H72NO9P. The number of ether oxygens (including phenoxy) is 2. The molecule has 0 bridgehead atoms. The van der Waals surface area contributed by atoms with E-state index in [9.17, 15) is 24.2 Å². The summed E-state index contributed by atoms with van der Waals surface area (Å²) >= 11 is 0. The molecule has 4 N–H and O–H groups in total. The molecule has 0 aromatic carbocycles. The maximum absolute atomic E-state index is 12.5. The molecule has 0 spiro atoms. The molecule has 0 saturated heterocycles. The predicted molar refractivity (Wildman–Crippen MR) is 212 cm³/mol. The van der Waals surface area contributed by atoms with Crippen LogP contribution in [0.1, 0.15) is 149 Å². The zero-order valence-corrected chi connectivity index (χ0v) is 33.3. The maximum Gasteiger partial charge on any atom is 0.472 e. The van der Waals surface area contributed by atoms with Crippen LogP contribution in [0.4, 0.5) is 0 Å². The lowest BCUT2D eigenvalue weighted by molar-refractivity contribution is -0.161. The van der Waals surface area contributed by atoms with Gasteiger partial charge in [-0.25, -0.2) is 4.57 Å². The first kappa shape index (κ1) is 49.7. The highest BCUT2D eigenvalue weighted by molar-refractivity contribution is 7.47. The topological polar surface area (TPSA) is 155 Å². The summed E-state index contributed by atoms with van der Waals surface area (Å²) in [6.07, 6.45) is 38.5. The summed E-state index contributed by atoms with van der Waals surface area (Å²) in [5, 5.41) is 10.0. The number of unbranched alkanes of at least 4 members (excludes halogenated alkanes) is 13. The molecule has 3 atom stereocenters. The Kier molecular flexibility index (Phi) is 35.3. The fourth-order valence-corrected chi connectivity index (χ4v) is 5.70. The van der Waals surface area contributed by atoms with Crippen LogP contribution in [0.15, 0.2) is 60.8 Å². The summed E-state index contributed by atoms with van der Waals surface area (Å²) in [4.78, 5) is 34.7. The number of aliphatic hydroxyl groups excluding tert-OH is 1. The van der Waals surface area contributed by atoms with E-state index in [-0.39, 0.29) is 32.6 Å². The molecule has 0 radical (unpaired) electrons. The van der Waals surface area contributed by atoms with Crippen LogP contribution in [0.25, 0.3) is 0 Å². The number of allylic oxidation sites excluding steroid dienone is 8. The molecule has 0 amide bonds. The molecule has 300 valence electrons. The average Bonchev–Trinajstić information content (AvgIpc) is 3.12. The van der Waals surface area contributed by atoms with Gasteiger partial charge in [0.15, 0.2) is 6.10 Å². The van der Waals surface area contributed by atoms with Gasteiger partial charge < -0.3 is 25.2 Å². The van der Waals surface area contributed by atoms with Crippen molar-refractivity contribution in [3.63, 3.8) is 0 Å². The minimum absolute atomic E-state index is 0.0308. The first-order chi connectivity index (χ1) is 25.2. The van der Waals surface area contributed by atoms with Crippen molar-refractivity contribution in [2.45, 2.75) is 161 Å². The van der Waals surface area contributed by atoms with Crippen LogP contribution in [-0.4, -0.2) is 60.5 Å². The highest BCUT2D eigenvalue weighted by atomic mass is 31.2. The van der Waals surface area contributed by atoms with Gasteiger partial charge >= 0.3 is 19.8 Å². The van der Waals surface area contributed by atoms with Crippen molar-refractivity contribution in [3.05, 3.63) is 60.8 Å². The van der Waals surface area contributed by atoms with E-state index in [4.69, 9.17) is 24.3 Å². The van der Waals surface area contributed by atoms with Crippen LogP contribution in [-0.2, 0) is 32.7 Å². The Morgan fingerprint density at radius 2 is 1.25 bits per heavy atom. The quantitative estimate of drug-likeness (QED) is 0.0185. The van der Waals surface area contributed by atoms with Gasteiger partial charge in [-0.15, -0.1) is 0 Å². The number of hydrogen-bond donors (Lipinski definition) is 3. The van der Waals surface area contributed by atoms with Gasteiger partial charge in [-0.05, 0) is 70.6 Å². The van der Waals surface area contributed by atoms with Crippen molar-refractivity contribution in [3.8, 4) is 0 Å². The number of carbonyl (C=O) groups excluding carboxylic acids is 2. The Balaban J connectivity index is 4.40. The minimum Gasteiger partial charge on any atom is -0.462 e. The van der Waals surface area contributed by atoms with Crippen molar-refractivity contribution in [1.82, 2.24) is 0 Å². The van der Waals surface area contributed by atoms with Crippen molar-refractivity contribution in [2.75, 3.05) is 26.4 Å². The largest absolute Gasteiger partial charge is 0.472 e. The van der Waals surface area contributed by atoms with Gasteiger partial charge in [0.2, 0.25) is 0 Å². The molecule has 0 heterocycles. The second kappa shape index (κ2) is 37.0. The fourth-order valence-electron chi connectivity index (χ4n) is 4.93. The molecule has 0 fully saturated rings. The Morgan fingerprint density at radius 1 is 0.673 bits per heavy atom. The van der Waals surface area contributed by atoms with Crippen molar-refractivity contribution < 1.29 is 42.7 Å². The molecule has 1 unspecified atom stereocenters. The number of carbonyl (C=O) groups is 2. The Hall–Kier alpha value is -2.33. The Bertz CT molecular complexity index is 1060. The molecule has 0 rings (SSSR count). The lowest BCUT2D eigenvalue weighted by Gasteiger charge is -2.19. The van der Waals surface area contributed by atoms with E-state index < -0.39 is 38.6 Å². The zero-order chi connectivity index (χ0) is 38.4. The third-order valence-corrected chi connectivity index (χ3v) is 8.94. The van der Waals surface area contributed by atoms with Crippen LogP contribution in [0.5, 0.6) is 0 Å². The fraction of sp³-hybridized carbons (Fsp3) is 0.707. The highest BCUT2D eigenvalue weighted by Gasteiger charge is 2.25. The molecule has 0 aliphatic carbocycles. The standard InChI is InChI=1S/C41H72NO9P/c1-3-5-7-9-11-12-13-14-15-16-20-24-28-32-40(44)48-36-39(37-50-52(46,47)49-35-34-42)51-41(45)33-29-25-21-17-19-23-27-31-38(43)30-26-22-18-10-8-6-4-2/h12-13,17-18,21-23,26-27,30,38-39,43H,3-11,14-16,19-20,24-25,28-29,31-37,42H2,1-2H3,(H,46,47)/b13-12-,21-17+,22-18-,27-23-,30-26-/t38-,39+/m0/s1. The summed E-state index contributed by atoms with van der Waals surface area (Å²) in [6.45, 7) is 3.49. The van der Waals surface area contributed by atoms with Gasteiger partial charge in [-0.1, -0.05) is 126 Å². The maximum atomic E-state index is 12.5. The minimum atomic E-state index is -4.41. The van der Waals surface area contributed by atoms with Gasteiger partial charge in [0.1, 0.15) is 6.61 Å². The van der Waals surface area contributed by atoms with Gasteiger partial charge in [0, 0.05) is 19.4 Å². The number of esters is 2. The monoisotopic (exact) mass is 753 g/mol. The van der Waals surface area contributed by atoms with E-state index in [2.05, 4.69) is 32.1 Å². The van der Waals surface area contributed by atoms with E-state index in [1.165, 1.54) is 44.9 Å². The van der Waals surface area contributed by atoms with E-state index in [0.717, 1.165) is 44.9 Å².